The SMILES string of the molecule is CC(C)(C)OC(=O)C1CCN(c2ccc3c(=O)c4cccc(Cl)c4oc3c2)C1. The number of nitrogens with zero attached hydrogens (tertiary/aromatic N) is 1. The Morgan fingerprint density at radius 3 is 2.75 bits per heavy atom. The largest absolute Gasteiger partial charge is 0.460 e. The molecule has 1 aliphatic rings. The van der Waals surface area contributed by atoms with Gasteiger partial charge < -0.3 is 14.1 Å². The third-order valence-corrected chi connectivity index (χ3v) is 5.22. The molecule has 4 rings (SSSR count). The van der Waals surface area contributed by atoms with E-state index in [4.69, 9.17) is 20.8 Å². The van der Waals surface area contributed by atoms with Crippen molar-refractivity contribution >= 4 is 45.2 Å². The standard InChI is InChI=1S/C22H22ClNO4/c1-22(2,3)28-21(26)13-9-10-24(12-13)14-7-8-15-18(11-14)27-20-16(19(15)25)5-4-6-17(20)23/h4-8,11,13H,9-10,12H2,1-3H3. The van der Waals surface area contributed by atoms with Gasteiger partial charge in [-0.2, -0.15) is 0 Å². The van der Waals surface area contributed by atoms with Crippen LogP contribution in [-0.4, -0.2) is 24.7 Å². The van der Waals surface area contributed by atoms with Crippen molar-refractivity contribution in [2.75, 3.05) is 18.0 Å². The summed E-state index contributed by atoms with van der Waals surface area (Å²) in [6.07, 6.45) is 0.737. The van der Waals surface area contributed by atoms with Gasteiger partial charge in [-0.05, 0) is 51.5 Å². The Morgan fingerprint density at radius 2 is 2.00 bits per heavy atom. The normalized spacial score (nSPS) is 17.4. The molecule has 3 aromatic rings. The summed E-state index contributed by atoms with van der Waals surface area (Å²) < 4.78 is 11.5. The van der Waals surface area contributed by atoms with E-state index in [0.717, 1.165) is 18.7 Å². The molecule has 0 saturated carbocycles. The van der Waals surface area contributed by atoms with Gasteiger partial charge in [0.15, 0.2) is 5.58 Å². The van der Waals surface area contributed by atoms with Gasteiger partial charge >= 0.3 is 5.97 Å². The molecule has 146 valence electrons. The number of carbonyl (C=O) groups is 1. The molecule has 1 saturated heterocycles. The Kier molecular flexibility index (Phi) is 4.58. The van der Waals surface area contributed by atoms with Crippen LogP contribution in [0.4, 0.5) is 5.69 Å². The Balaban J connectivity index is 1.65. The fourth-order valence-corrected chi connectivity index (χ4v) is 3.81. The second-order valence-corrected chi connectivity index (χ2v) is 8.60. The van der Waals surface area contributed by atoms with E-state index in [0.29, 0.717) is 33.5 Å². The molecule has 1 atom stereocenters. The molecular weight excluding hydrogens is 378 g/mol. The van der Waals surface area contributed by atoms with Crippen molar-refractivity contribution in [2.45, 2.75) is 32.8 Å². The molecule has 1 fully saturated rings. The van der Waals surface area contributed by atoms with Crippen molar-refractivity contribution in [3.63, 3.8) is 0 Å². The first-order valence-corrected chi connectivity index (χ1v) is 9.73. The molecule has 2 aromatic carbocycles. The average Bonchev–Trinajstić information content (AvgIpc) is 3.11. The van der Waals surface area contributed by atoms with Crippen LogP contribution < -0.4 is 10.3 Å². The lowest BCUT2D eigenvalue weighted by Gasteiger charge is -2.23. The minimum Gasteiger partial charge on any atom is -0.460 e. The van der Waals surface area contributed by atoms with E-state index in [1.807, 2.05) is 32.9 Å². The molecule has 0 spiro atoms. The first-order chi connectivity index (χ1) is 13.2. The van der Waals surface area contributed by atoms with Crippen LogP contribution in [-0.2, 0) is 9.53 Å². The first-order valence-electron chi connectivity index (χ1n) is 9.36. The van der Waals surface area contributed by atoms with Crippen LogP contribution in [0, 0.1) is 5.92 Å². The zero-order valence-corrected chi connectivity index (χ0v) is 16.9. The van der Waals surface area contributed by atoms with Crippen molar-refractivity contribution in [3.8, 4) is 0 Å². The molecule has 1 aromatic heterocycles. The second-order valence-electron chi connectivity index (χ2n) is 8.19. The highest BCUT2D eigenvalue weighted by Gasteiger charge is 2.32. The summed E-state index contributed by atoms with van der Waals surface area (Å²) in [5, 5.41) is 1.40. The number of para-hydroxylation sites is 1. The van der Waals surface area contributed by atoms with Crippen LogP contribution in [0.5, 0.6) is 0 Å². The summed E-state index contributed by atoms with van der Waals surface area (Å²) in [5.74, 6) is -0.326. The molecule has 0 bridgehead atoms. The van der Waals surface area contributed by atoms with Crippen molar-refractivity contribution in [1.29, 1.82) is 0 Å². The van der Waals surface area contributed by atoms with Gasteiger partial charge in [0.05, 0.1) is 21.7 Å². The third kappa shape index (κ3) is 3.47. The van der Waals surface area contributed by atoms with Gasteiger partial charge in [0, 0.05) is 24.8 Å². The topological polar surface area (TPSA) is 59.8 Å². The molecule has 2 heterocycles. The summed E-state index contributed by atoms with van der Waals surface area (Å²) in [5.41, 5.74) is 1.21. The number of ether oxygens (including phenoxy) is 1. The van der Waals surface area contributed by atoms with Gasteiger partial charge in [-0.3, -0.25) is 9.59 Å². The van der Waals surface area contributed by atoms with E-state index >= 15 is 0 Å². The van der Waals surface area contributed by atoms with Crippen molar-refractivity contribution in [3.05, 3.63) is 51.6 Å². The molecule has 1 aliphatic heterocycles. The van der Waals surface area contributed by atoms with Crippen molar-refractivity contribution in [1.82, 2.24) is 0 Å². The molecule has 5 nitrogen and oxygen atoms in total. The fraction of sp³-hybridized carbons (Fsp3) is 0.364. The van der Waals surface area contributed by atoms with Crippen molar-refractivity contribution in [2.24, 2.45) is 5.92 Å². The molecule has 28 heavy (non-hydrogen) atoms. The van der Waals surface area contributed by atoms with E-state index in [1.54, 1.807) is 24.3 Å². The summed E-state index contributed by atoms with van der Waals surface area (Å²) in [6.45, 7) is 6.95. The predicted octanol–water partition coefficient (Wildman–Crippen LogP) is 4.77. The van der Waals surface area contributed by atoms with Gasteiger partial charge in [-0.1, -0.05) is 17.7 Å². The quantitative estimate of drug-likeness (QED) is 0.459. The zero-order valence-electron chi connectivity index (χ0n) is 16.1. The van der Waals surface area contributed by atoms with E-state index in [9.17, 15) is 9.59 Å². The smallest absolute Gasteiger partial charge is 0.311 e. The van der Waals surface area contributed by atoms with Crippen LogP contribution in [0.25, 0.3) is 21.9 Å². The van der Waals surface area contributed by atoms with Crippen LogP contribution in [0.3, 0.4) is 0 Å². The van der Waals surface area contributed by atoms with E-state index in [-0.39, 0.29) is 17.3 Å². The predicted molar refractivity (Wildman–Crippen MR) is 111 cm³/mol. The van der Waals surface area contributed by atoms with E-state index < -0.39 is 5.60 Å². The number of esters is 1. The summed E-state index contributed by atoms with van der Waals surface area (Å²) in [6, 6.07) is 10.7. The number of fused-ring (bicyclic) bond motifs is 2. The van der Waals surface area contributed by atoms with E-state index in [2.05, 4.69) is 4.90 Å². The Hall–Kier alpha value is -2.53. The van der Waals surface area contributed by atoms with Crippen LogP contribution >= 0.6 is 11.6 Å². The Bertz CT molecular complexity index is 1130. The minimum atomic E-state index is -0.489. The number of benzene rings is 2. The number of hydrogen-bond donors (Lipinski definition) is 0. The number of rotatable bonds is 2. The molecule has 0 radical (unpaired) electrons. The minimum absolute atomic E-state index is 0.0987. The molecule has 6 heteroatoms. The van der Waals surface area contributed by atoms with Gasteiger partial charge in [-0.25, -0.2) is 0 Å². The number of carbonyl (C=O) groups excluding carboxylic acids is 1. The highest BCUT2D eigenvalue weighted by molar-refractivity contribution is 6.34. The molecular formula is C22H22ClNO4. The van der Waals surface area contributed by atoms with Gasteiger partial charge in [0.2, 0.25) is 5.43 Å². The number of anilines is 1. The lowest BCUT2D eigenvalue weighted by Crippen LogP contribution is -2.30. The lowest BCUT2D eigenvalue weighted by molar-refractivity contribution is -0.159. The summed E-state index contributed by atoms with van der Waals surface area (Å²) in [4.78, 5) is 27.2. The maximum Gasteiger partial charge on any atom is 0.311 e. The molecule has 0 amide bonds. The van der Waals surface area contributed by atoms with Crippen LogP contribution in [0.2, 0.25) is 5.02 Å². The van der Waals surface area contributed by atoms with Gasteiger partial charge in [0.1, 0.15) is 11.2 Å². The fourth-order valence-electron chi connectivity index (χ4n) is 3.60. The van der Waals surface area contributed by atoms with E-state index in [1.165, 1.54) is 0 Å². The maximum atomic E-state index is 12.8. The lowest BCUT2D eigenvalue weighted by atomic mass is 10.1. The average molecular weight is 400 g/mol. The summed E-state index contributed by atoms with van der Waals surface area (Å²) >= 11 is 6.21. The number of halogens is 1. The second kappa shape index (κ2) is 6.82. The maximum absolute atomic E-state index is 12.8. The monoisotopic (exact) mass is 399 g/mol. The van der Waals surface area contributed by atoms with Crippen molar-refractivity contribution < 1.29 is 13.9 Å². The molecule has 1 unspecified atom stereocenters. The Labute approximate surface area is 167 Å². The first kappa shape index (κ1) is 18.8. The highest BCUT2D eigenvalue weighted by Crippen LogP contribution is 2.30. The molecule has 0 N–H and O–H groups in total. The van der Waals surface area contributed by atoms with Crippen LogP contribution in [0.1, 0.15) is 27.2 Å². The summed E-state index contributed by atoms with van der Waals surface area (Å²) in [7, 11) is 0. The van der Waals surface area contributed by atoms with Gasteiger partial charge in [-0.15, -0.1) is 0 Å². The molecule has 0 aliphatic carbocycles. The van der Waals surface area contributed by atoms with Crippen LogP contribution in [0.15, 0.2) is 45.6 Å². The number of hydrogen-bond acceptors (Lipinski definition) is 5. The Morgan fingerprint density at radius 1 is 1.21 bits per heavy atom. The highest BCUT2D eigenvalue weighted by atomic mass is 35.5. The van der Waals surface area contributed by atoms with Gasteiger partial charge in [0.25, 0.3) is 0 Å². The zero-order chi connectivity index (χ0) is 20.1. The third-order valence-electron chi connectivity index (χ3n) is 4.93.